The lowest BCUT2D eigenvalue weighted by Gasteiger charge is -2.21. The van der Waals surface area contributed by atoms with Crippen LogP contribution in [0.4, 0.5) is 0 Å². The molecule has 2 heterocycles. The smallest absolute Gasteiger partial charge is 0.265 e. The molecule has 0 aliphatic heterocycles. The lowest BCUT2D eigenvalue weighted by molar-refractivity contribution is -0.122. The molecule has 1 atom stereocenters. The summed E-state index contributed by atoms with van der Waals surface area (Å²) in [6.45, 7) is 1.69. The number of hydrogen-bond donors (Lipinski definition) is 2. The van der Waals surface area contributed by atoms with Gasteiger partial charge in [-0.1, -0.05) is 24.3 Å². The number of hydrogen-bond acceptors (Lipinski definition) is 4. The third kappa shape index (κ3) is 3.94. The number of aromatic nitrogens is 3. The van der Waals surface area contributed by atoms with E-state index in [9.17, 15) is 14.4 Å². The van der Waals surface area contributed by atoms with Crippen molar-refractivity contribution in [2.45, 2.75) is 19.5 Å². The van der Waals surface area contributed by atoms with Gasteiger partial charge in [-0.25, -0.2) is 4.68 Å². The number of H-pyrrole nitrogens is 1. The highest BCUT2D eigenvalue weighted by Gasteiger charge is 2.19. The molecule has 3 aromatic rings. The minimum atomic E-state index is -0.448. The predicted octanol–water partition coefficient (Wildman–Crippen LogP) is 1.15. The lowest BCUT2D eigenvalue weighted by Crippen LogP contribution is -2.37. The van der Waals surface area contributed by atoms with E-state index >= 15 is 0 Å². The van der Waals surface area contributed by atoms with Crippen molar-refractivity contribution in [3.63, 3.8) is 0 Å². The van der Waals surface area contributed by atoms with Crippen molar-refractivity contribution in [3.8, 4) is 0 Å². The number of nitrogens with one attached hydrogen (secondary N) is 2. The van der Waals surface area contributed by atoms with Crippen molar-refractivity contribution in [2.75, 3.05) is 0 Å². The molecule has 0 aliphatic rings. The third-order valence-corrected chi connectivity index (χ3v) is 4.03. The first-order valence-electron chi connectivity index (χ1n) is 8.09. The minimum Gasteiger partial charge on any atom is -0.344 e. The summed E-state index contributed by atoms with van der Waals surface area (Å²) in [6.07, 6.45) is 3.32. The zero-order valence-corrected chi connectivity index (χ0v) is 14.2. The van der Waals surface area contributed by atoms with Crippen LogP contribution in [0.15, 0.2) is 70.5 Å². The number of pyridine rings is 1. The summed E-state index contributed by atoms with van der Waals surface area (Å²) in [7, 11) is 0. The zero-order valence-electron chi connectivity index (χ0n) is 14.2. The summed E-state index contributed by atoms with van der Waals surface area (Å²) in [5.41, 5.74) is 1.95. The van der Waals surface area contributed by atoms with Crippen LogP contribution in [-0.4, -0.2) is 20.7 Å². The number of carbonyl (C=O) groups excluding carboxylic acids is 1. The van der Waals surface area contributed by atoms with Crippen LogP contribution in [0, 0.1) is 6.92 Å². The van der Waals surface area contributed by atoms with Gasteiger partial charge in [-0.3, -0.25) is 24.5 Å². The van der Waals surface area contributed by atoms with Gasteiger partial charge in [-0.15, -0.1) is 0 Å². The summed E-state index contributed by atoms with van der Waals surface area (Å²) >= 11 is 0. The van der Waals surface area contributed by atoms with Crippen molar-refractivity contribution >= 4 is 5.91 Å². The topological polar surface area (TPSA) is 96.9 Å². The molecule has 0 saturated carbocycles. The first kappa shape index (κ1) is 17.3. The minimum absolute atomic E-state index is 0.275. The second kappa shape index (κ2) is 7.60. The number of carbonyl (C=O) groups is 1. The third-order valence-electron chi connectivity index (χ3n) is 4.03. The Hall–Kier alpha value is -3.48. The molecule has 3 rings (SSSR count). The van der Waals surface area contributed by atoms with E-state index in [2.05, 4.69) is 15.4 Å². The molecule has 1 amide bonds. The van der Waals surface area contributed by atoms with Crippen LogP contribution in [-0.2, 0) is 11.3 Å². The largest absolute Gasteiger partial charge is 0.344 e. The quantitative estimate of drug-likeness (QED) is 0.721. The molecule has 0 aliphatic carbocycles. The first-order valence-corrected chi connectivity index (χ1v) is 8.09. The van der Waals surface area contributed by atoms with Crippen molar-refractivity contribution < 1.29 is 4.79 Å². The van der Waals surface area contributed by atoms with Crippen LogP contribution in [0.1, 0.15) is 22.7 Å². The molecule has 0 spiro atoms. The Morgan fingerprint density at radius 3 is 2.58 bits per heavy atom. The molecule has 26 heavy (non-hydrogen) atoms. The van der Waals surface area contributed by atoms with Crippen LogP contribution >= 0.6 is 0 Å². The van der Waals surface area contributed by atoms with Crippen molar-refractivity contribution in [1.82, 2.24) is 20.1 Å². The Morgan fingerprint density at radius 2 is 1.85 bits per heavy atom. The molecule has 2 N–H and O–H groups in total. The molecule has 2 aromatic heterocycles. The Labute approximate surface area is 149 Å². The summed E-state index contributed by atoms with van der Waals surface area (Å²) in [6, 6.07) is 13.3. The van der Waals surface area contributed by atoms with Crippen LogP contribution in [0.3, 0.4) is 0 Å². The normalized spacial score (nSPS) is 11.7. The highest BCUT2D eigenvalue weighted by Crippen LogP contribution is 2.24. The van der Waals surface area contributed by atoms with E-state index in [1.165, 1.54) is 0 Å². The molecule has 0 saturated heterocycles. The van der Waals surface area contributed by atoms with Crippen molar-refractivity contribution in [2.24, 2.45) is 0 Å². The number of rotatable bonds is 5. The second-order valence-corrected chi connectivity index (χ2v) is 5.87. The maximum Gasteiger partial charge on any atom is 0.265 e. The number of benzene rings is 1. The molecule has 0 unspecified atom stereocenters. The molecule has 1 aromatic carbocycles. The van der Waals surface area contributed by atoms with Crippen LogP contribution in [0.2, 0.25) is 0 Å². The highest BCUT2D eigenvalue weighted by molar-refractivity contribution is 5.76. The number of aryl methyl sites for hydroxylation is 1. The fraction of sp³-hybridized carbons (Fsp3) is 0.158. The van der Waals surface area contributed by atoms with E-state index in [-0.39, 0.29) is 12.5 Å². The van der Waals surface area contributed by atoms with E-state index < -0.39 is 17.2 Å². The van der Waals surface area contributed by atoms with Gasteiger partial charge in [0, 0.05) is 24.5 Å². The maximum atomic E-state index is 12.5. The van der Waals surface area contributed by atoms with Crippen LogP contribution in [0.25, 0.3) is 0 Å². The number of aromatic amines is 1. The molecule has 7 heteroatoms. The monoisotopic (exact) mass is 350 g/mol. The summed E-state index contributed by atoms with van der Waals surface area (Å²) < 4.78 is 0.985. The van der Waals surface area contributed by atoms with Gasteiger partial charge >= 0.3 is 0 Å². The molecular weight excluding hydrogens is 332 g/mol. The van der Waals surface area contributed by atoms with Gasteiger partial charge in [-0.2, -0.15) is 0 Å². The number of amides is 1. The summed E-state index contributed by atoms with van der Waals surface area (Å²) in [5, 5.41) is 5.29. The average Bonchev–Trinajstić information content (AvgIpc) is 2.64. The van der Waals surface area contributed by atoms with Crippen LogP contribution < -0.4 is 16.4 Å². The van der Waals surface area contributed by atoms with Gasteiger partial charge in [0.05, 0.1) is 6.04 Å². The summed E-state index contributed by atoms with van der Waals surface area (Å²) in [4.78, 5) is 39.7. The molecule has 0 fully saturated rings. The molecule has 7 nitrogen and oxygen atoms in total. The van der Waals surface area contributed by atoms with E-state index in [1.54, 1.807) is 12.4 Å². The molecular formula is C19H18N4O3. The highest BCUT2D eigenvalue weighted by atomic mass is 16.2. The fourth-order valence-electron chi connectivity index (χ4n) is 2.74. The van der Waals surface area contributed by atoms with E-state index in [0.29, 0.717) is 0 Å². The van der Waals surface area contributed by atoms with Gasteiger partial charge in [0.2, 0.25) is 5.91 Å². The van der Waals surface area contributed by atoms with Crippen molar-refractivity contribution in [3.05, 3.63) is 98.3 Å². The molecule has 0 bridgehead atoms. The van der Waals surface area contributed by atoms with Gasteiger partial charge in [0.25, 0.3) is 11.1 Å². The van der Waals surface area contributed by atoms with Gasteiger partial charge in [0.1, 0.15) is 6.54 Å². The summed E-state index contributed by atoms with van der Waals surface area (Å²) in [5.74, 6) is -0.390. The average molecular weight is 350 g/mol. The standard InChI is InChI=1S/C19H18N4O3/c1-13-4-2-3-5-15(13)19(14-8-10-20-11-9-14)21-17(25)12-23-18(26)7-6-16(24)22-23/h2-11,19H,12H2,1H3,(H,21,25)(H,22,24)/t19-/m0/s1. The number of nitrogens with zero attached hydrogens (tertiary/aromatic N) is 2. The van der Waals surface area contributed by atoms with E-state index in [1.807, 2.05) is 43.3 Å². The second-order valence-electron chi connectivity index (χ2n) is 5.87. The van der Waals surface area contributed by atoms with Gasteiger partial charge in [-0.05, 0) is 35.7 Å². The molecule has 0 radical (unpaired) electrons. The fourth-order valence-corrected chi connectivity index (χ4v) is 2.74. The first-order chi connectivity index (χ1) is 12.5. The van der Waals surface area contributed by atoms with Crippen LogP contribution in [0.5, 0.6) is 0 Å². The van der Waals surface area contributed by atoms with E-state index in [4.69, 9.17) is 0 Å². The SMILES string of the molecule is Cc1ccccc1[C@@H](NC(=O)Cn1[nH]c(=O)ccc1=O)c1ccncc1. The molecule has 132 valence electrons. The predicted molar refractivity (Wildman–Crippen MR) is 96.7 cm³/mol. The van der Waals surface area contributed by atoms with Gasteiger partial charge < -0.3 is 5.32 Å². The zero-order chi connectivity index (χ0) is 18.5. The Balaban J connectivity index is 1.90. The van der Waals surface area contributed by atoms with E-state index in [0.717, 1.165) is 33.5 Å². The Kier molecular flexibility index (Phi) is 5.07. The van der Waals surface area contributed by atoms with Crippen molar-refractivity contribution in [1.29, 1.82) is 0 Å². The Morgan fingerprint density at radius 1 is 1.12 bits per heavy atom. The lowest BCUT2D eigenvalue weighted by atomic mass is 9.95. The maximum absolute atomic E-state index is 12.5. The van der Waals surface area contributed by atoms with Gasteiger partial charge in [0.15, 0.2) is 0 Å². The Bertz CT molecular complexity index is 1020.